The van der Waals surface area contributed by atoms with E-state index < -0.39 is 16.2 Å². The number of hydrogen-bond donors (Lipinski definition) is 3. The number of phenolic OH excluding ortho intramolecular Hbond substituents is 1. The Bertz CT molecular complexity index is 1110. The van der Waals surface area contributed by atoms with Crippen molar-refractivity contribution in [2.45, 2.75) is 36.8 Å². The van der Waals surface area contributed by atoms with Gasteiger partial charge in [0.15, 0.2) is 0 Å². The maximum atomic E-state index is 12.8. The van der Waals surface area contributed by atoms with E-state index in [2.05, 4.69) is 28.2 Å². The van der Waals surface area contributed by atoms with Gasteiger partial charge in [0.2, 0.25) is 0 Å². The van der Waals surface area contributed by atoms with Crippen molar-refractivity contribution >= 4 is 26.0 Å². The Labute approximate surface area is 202 Å². The largest absolute Gasteiger partial charge is 0.744 e. The summed E-state index contributed by atoms with van der Waals surface area (Å²) in [5.74, 6) is -0.0431. The molecule has 0 unspecified atom stereocenters. The third kappa shape index (κ3) is 10.0. The molecule has 2 atom stereocenters. The van der Waals surface area contributed by atoms with Gasteiger partial charge >= 0.3 is 0 Å². The molecular formula is C24H27BrFNO5S. The molecule has 3 aromatic carbocycles. The van der Waals surface area contributed by atoms with Gasteiger partial charge in [-0.05, 0) is 73.0 Å². The van der Waals surface area contributed by atoms with E-state index in [0.717, 1.165) is 28.4 Å². The second-order valence-corrected chi connectivity index (χ2v) is 9.93. The molecule has 0 aromatic heterocycles. The second kappa shape index (κ2) is 12.8. The first-order valence-electron chi connectivity index (χ1n) is 10.3. The molecule has 4 N–H and O–H groups in total. The average molecular weight is 540 g/mol. The van der Waals surface area contributed by atoms with Crippen LogP contribution in [-0.2, 0) is 16.5 Å². The van der Waals surface area contributed by atoms with Crippen LogP contribution in [0.3, 0.4) is 0 Å². The van der Waals surface area contributed by atoms with E-state index in [-0.39, 0.29) is 16.5 Å². The van der Waals surface area contributed by atoms with E-state index >= 15 is 0 Å². The van der Waals surface area contributed by atoms with E-state index in [4.69, 9.17) is 0 Å². The molecule has 0 fully saturated rings. The molecule has 178 valence electrons. The standard InChI is InChI=1S/C18H22FNO2.C6H5BrO3S/c1-13(5-6-14-7-9-16(19)10-8-14)20-12-18(22)15-3-2-4-17(21)11-15;7-5-1-3-6(4-2-5)11(8,9)10/h2-4,7-11,13,18,20-22H,5-6,12H2,1H3;1-4H,(H,8,9,10)/t13-,18+;/m1./s1. The first-order chi connectivity index (χ1) is 15.5. The predicted octanol–water partition coefficient (Wildman–Crippen LogP) is 3.50. The van der Waals surface area contributed by atoms with Crippen LogP contribution < -0.4 is 5.32 Å². The highest BCUT2D eigenvalue weighted by atomic mass is 79.9. The minimum atomic E-state index is -4.29. The molecule has 0 saturated heterocycles. The van der Waals surface area contributed by atoms with Crippen molar-refractivity contribution in [2.75, 3.05) is 6.54 Å². The fraction of sp³-hybridized carbons (Fsp3) is 0.250. The van der Waals surface area contributed by atoms with Crippen molar-refractivity contribution in [1.82, 2.24) is 0 Å². The normalized spacial score (nSPS) is 13.0. The summed E-state index contributed by atoms with van der Waals surface area (Å²) in [6.45, 7) is 2.66. The number of hydrogen-bond acceptors (Lipinski definition) is 5. The Kier molecular flexibility index (Phi) is 10.5. The maximum Gasteiger partial charge on any atom is 0.128 e. The van der Waals surface area contributed by atoms with Crippen LogP contribution in [0.2, 0.25) is 0 Å². The minimum absolute atomic E-state index is 0.168. The summed E-state index contributed by atoms with van der Waals surface area (Å²) in [5, 5.41) is 21.6. The van der Waals surface area contributed by atoms with E-state index in [0.29, 0.717) is 12.6 Å². The third-order valence-electron chi connectivity index (χ3n) is 4.92. The van der Waals surface area contributed by atoms with Crippen molar-refractivity contribution in [3.8, 4) is 5.75 Å². The molecule has 0 radical (unpaired) electrons. The van der Waals surface area contributed by atoms with Crippen LogP contribution in [0.25, 0.3) is 0 Å². The molecule has 0 saturated carbocycles. The molecule has 0 bridgehead atoms. The number of halogens is 2. The average Bonchev–Trinajstić information content (AvgIpc) is 2.77. The van der Waals surface area contributed by atoms with Crippen LogP contribution in [0.4, 0.5) is 4.39 Å². The zero-order chi connectivity index (χ0) is 24.4. The molecule has 0 heterocycles. The van der Waals surface area contributed by atoms with E-state index in [1.807, 2.05) is 12.1 Å². The topological polar surface area (TPSA) is 114 Å². The zero-order valence-corrected chi connectivity index (χ0v) is 20.5. The molecule has 6 nitrogen and oxygen atoms in total. The first kappa shape index (κ1) is 26.9. The third-order valence-corrected chi connectivity index (χ3v) is 6.30. The quantitative estimate of drug-likeness (QED) is 0.379. The summed E-state index contributed by atoms with van der Waals surface area (Å²) in [4.78, 5) is -0.208. The molecule has 0 spiro atoms. The van der Waals surface area contributed by atoms with Crippen LogP contribution in [0.1, 0.15) is 30.6 Å². The Morgan fingerprint density at radius 3 is 2.27 bits per heavy atom. The number of quaternary nitrogens is 1. The minimum Gasteiger partial charge on any atom is -0.744 e. The summed E-state index contributed by atoms with van der Waals surface area (Å²) in [6.07, 6.45) is 1.25. The molecule has 9 heteroatoms. The van der Waals surface area contributed by atoms with Gasteiger partial charge in [0.1, 0.15) is 34.3 Å². The Hall–Kier alpha value is -2.30. The molecule has 3 rings (SSSR count). The monoisotopic (exact) mass is 539 g/mol. The number of aryl methyl sites for hydroxylation is 1. The van der Waals surface area contributed by atoms with Crippen LogP contribution in [0.5, 0.6) is 5.75 Å². The molecule has 33 heavy (non-hydrogen) atoms. The first-order valence-corrected chi connectivity index (χ1v) is 12.5. The molecule has 0 amide bonds. The van der Waals surface area contributed by atoms with E-state index in [9.17, 15) is 27.6 Å². The number of rotatable bonds is 8. The molecule has 0 aliphatic carbocycles. The molecular weight excluding hydrogens is 513 g/mol. The smallest absolute Gasteiger partial charge is 0.128 e. The van der Waals surface area contributed by atoms with Crippen molar-refractivity contribution < 1.29 is 32.9 Å². The van der Waals surface area contributed by atoms with Gasteiger partial charge in [-0.15, -0.1) is 0 Å². The van der Waals surface area contributed by atoms with Gasteiger partial charge < -0.3 is 20.1 Å². The summed E-state index contributed by atoms with van der Waals surface area (Å²) >= 11 is 3.12. The SMILES string of the molecule is C[C@H](CCc1ccc(F)cc1)[NH2+]C[C@H](O)c1cccc(O)c1.O=S(=O)([O-])c1ccc(Br)cc1. The Morgan fingerprint density at radius 1 is 1.06 bits per heavy atom. The van der Waals surface area contributed by atoms with Crippen LogP contribution in [-0.4, -0.2) is 35.8 Å². The van der Waals surface area contributed by atoms with Gasteiger partial charge in [0, 0.05) is 10.9 Å². The van der Waals surface area contributed by atoms with Crippen LogP contribution in [0.15, 0.2) is 82.2 Å². The highest BCUT2D eigenvalue weighted by molar-refractivity contribution is 9.10. The fourth-order valence-corrected chi connectivity index (χ4v) is 3.73. The van der Waals surface area contributed by atoms with Gasteiger partial charge in [-0.25, -0.2) is 12.8 Å². The maximum absolute atomic E-state index is 12.8. The lowest BCUT2D eigenvalue weighted by atomic mass is 10.1. The number of aromatic hydroxyl groups is 1. The highest BCUT2D eigenvalue weighted by Gasteiger charge is 2.13. The number of aliphatic hydroxyl groups is 1. The highest BCUT2D eigenvalue weighted by Crippen LogP contribution is 2.17. The van der Waals surface area contributed by atoms with E-state index in [1.165, 1.54) is 36.4 Å². The fourth-order valence-electron chi connectivity index (χ4n) is 2.99. The Morgan fingerprint density at radius 2 is 1.70 bits per heavy atom. The molecule has 0 aliphatic heterocycles. The summed E-state index contributed by atoms with van der Waals surface area (Å²) < 4.78 is 44.7. The zero-order valence-electron chi connectivity index (χ0n) is 18.1. The Balaban J connectivity index is 0.000000294. The lowest BCUT2D eigenvalue weighted by Crippen LogP contribution is -2.90. The van der Waals surface area contributed by atoms with Gasteiger partial charge in [0.05, 0.1) is 10.9 Å². The van der Waals surface area contributed by atoms with Gasteiger partial charge in [-0.2, -0.15) is 0 Å². The van der Waals surface area contributed by atoms with Gasteiger partial charge in [-0.1, -0.05) is 40.2 Å². The number of nitrogens with two attached hydrogens (primary N) is 1. The van der Waals surface area contributed by atoms with E-state index in [1.54, 1.807) is 24.3 Å². The lowest BCUT2D eigenvalue weighted by Gasteiger charge is -2.15. The number of aliphatic hydroxyl groups excluding tert-OH is 1. The summed E-state index contributed by atoms with van der Waals surface area (Å²) in [7, 11) is -4.29. The van der Waals surface area contributed by atoms with Crippen LogP contribution in [0, 0.1) is 5.82 Å². The molecule has 0 aliphatic rings. The van der Waals surface area contributed by atoms with Gasteiger partial charge in [0.25, 0.3) is 0 Å². The number of phenols is 1. The predicted molar refractivity (Wildman–Crippen MR) is 126 cm³/mol. The second-order valence-electron chi connectivity index (χ2n) is 7.63. The van der Waals surface area contributed by atoms with Crippen molar-refractivity contribution in [3.05, 3.63) is 94.2 Å². The summed E-state index contributed by atoms with van der Waals surface area (Å²) in [5.41, 5.74) is 1.84. The molecule has 3 aromatic rings. The van der Waals surface area contributed by atoms with Crippen molar-refractivity contribution in [2.24, 2.45) is 0 Å². The summed E-state index contributed by atoms with van der Waals surface area (Å²) in [6, 6.07) is 19.2. The van der Waals surface area contributed by atoms with Crippen molar-refractivity contribution in [1.29, 1.82) is 0 Å². The van der Waals surface area contributed by atoms with Crippen LogP contribution >= 0.6 is 15.9 Å². The lowest BCUT2D eigenvalue weighted by molar-refractivity contribution is -0.693. The van der Waals surface area contributed by atoms with Crippen molar-refractivity contribution in [3.63, 3.8) is 0 Å². The van der Waals surface area contributed by atoms with Gasteiger partial charge in [-0.3, -0.25) is 0 Å². The number of benzene rings is 3.